The highest BCUT2D eigenvalue weighted by molar-refractivity contribution is 5.93. The fourth-order valence-electron chi connectivity index (χ4n) is 7.43. The van der Waals surface area contributed by atoms with E-state index in [1.54, 1.807) is 48.5 Å². The SMILES string of the molecule is C=CC(=O)OCCCCCCCCOc1ccc(C(=O)Oc2ccc(C(=O)O[C@@H]3CCCC[C@H]3OC(=O)c3ccc(OC(=O)c4ccc(OCCCCCCCCOC(=O)C=C)cc4)cc3)cc2)cc1. The summed E-state index contributed by atoms with van der Waals surface area (Å²) in [5.74, 6) is -1.31. The second-order valence-corrected chi connectivity index (χ2v) is 16.7. The van der Waals surface area contributed by atoms with Crippen LogP contribution in [-0.2, 0) is 28.5 Å². The predicted octanol–water partition coefficient (Wildman–Crippen LogP) is 11.3. The summed E-state index contributed by atoms with van der Waals surface area (Å²) in [5.41, 5.74) is 1.17. The molecule has 0 N–H and O–H groups in total. The summed E-state index contributed by atoms with van der Waals surface area (Å²) >= 11 is 0. The Kier molecular flexibility index (Phi) is 23.3. The molecule has 1 saturated carbocycles. The summed E-state index contributed by atoms with van der Waals surface area (Å²) in [7, 11) is 0. The molecule has 4 aromatic carbocycles. The first-order valence-corrected chi connectivity index (χ1v) is 24.2. The molecule has 0 radical (unpaired) electrons. The second-order valence-electron chi connectivity index (χ2n) is 16.7. The van der Waals surface area contributed by atoms with E-state index >= 15 is 0 Å². The van der Waals surface area contributed by atoms with Crippen molar-refractivity contribution in [3.8, 4) is 23.0 Å². The summed E-state index contributed by atoms with van der Waals surface area (Å²) in [4.78, 5) is 74.3. The van der Waals surface area contributed by atoms with Crippen molar-refractivity contribution in [1.82, 2.24) is 0 Å². The number of rotatable bonds is 30. The molecule has 0 bridgehead atoms. The lowest BCUT2D eigenvalue weighted by molar-refractivity contribution is -0.138. The standard InChI is InChI=1S/C56H64O14/c1-3-51(57)65-39-17-11-7-5-9-15-37-63-45-29-21-41(22-30-45)53(59)67-47-33-25-43(26-34-47)55(61)69-49-19-13-14-20-50(49)70-56(62)44-27-35-48(36-28-44)68-54(60)42-23-31-46(32-24-42)64-38-16-10-6-8-12-18-40-66-52(58)4-2/h3-4,21-36,49-50H,1-2,5-20,37-40H2/t49-,50-/m1/s1. The second kappa shape index (κ2) is 30.3. The van der Waals surface area contributed by atoms with Crippen LogP contribution in [0, 0.1) is 0 Å². The predicted molar refractivity (Wildman–Crippen MR) is 261 cm³/mol. The van der Waals surface area contributed by atoms with Crippen LogP contribution < -0.4 is 18.9 Å². The Labute approximate surface area is 410 Å². The third kappa shape index (κ3) is 19.4. The zero-order valence-corrected chi connectivity index (χ0v) is 39.8. The van der Waals surface area contributed by atoms with Crippen molar-refractivity contribution in [2.45, 2.75) is 115 Å². The minimum atomic E-state index is -0.658. The molecule has 14 heteroatoms. The van der Waals surface area contributed by atoms with Crippen LogP contribution in [0.3, 0.4) is 0 Å². The van der Waals surface area contributed by atoms with Crippen molar-refractivity contribution >= 4 is 35.8 Å². The highest BCUT2D eigenvalue weighted by Crippen LogP contribution is 2.27. The van der Waals surface area contributed by atoms with Crippen LogP contribution >= 0.6 is 0 Å². The average molecular weight is 961 g/mol. The van der Waals surface area contributed by atoms with E-state index in [1.165, 1.54) is 60.7 Å². The van der Waals surface area contributed by atoms with Gasteiger partial charge < -0.3 is 37.9 Å². The van der Waals surface area contributed by atoms with E-state index in [4.69, 9.17) is 37.9 Å². The first-order valence-electron chi connectivity index (χ1n) is 24.2. The van der Waals surface area contributed by atoms with Crippen LogP contribution in [0.5, 0.6) is 23.0 Å². The number of carbonyl (C=O) groups is 6. The van der Waals surface area contributed by atoms with Crippen LogP contribution in [0.4, 0.5) is 0 Å². The largest absolute Gasteiger partial charge is 0.494 e. The minimum Gasteiger partial charge on any atom is -0.494 e. The van der Waals surface area contributed by atoms with Gasteiger partial charge in [-0.15, -0.1) is 0 Å². The number of hydrogen-bond acceptors (Lipinski definition) is 14. The van der Waals surface area contributed by atoms with Crippen molar-refractivity contribution in [2.24, 2.45) is 0 Å². The Balaban J connectivity index is 0.971. The van der Waals surface area contributed by atoms with E-state index in [9.17, 15) is 28.8 Å². The first kappa shape index (κ1) is 53.7. The van der Waals surface area contributed by atoms with Gasteiger partial charge in [-0.25, -0.2) is 28.8 Å². The lowest BCUT2D eigenvalue weighted by atomic mass is 9.94. The van der Waals surface area contributed by atoms with Crippen molar-refractivity contribution in [2.75, 3.05) is 26.4 Å². The van der Waals surface area contributed by atoms with Gasteiger partial charge in [0.05, 0.1) is 48.7 Å². The number of benzene rings is 4. The summed E-state index contributed by atoms with van der Waals surface area (Å²) in [6.45, 7) is 8.70. The van der Waals surface area contributed by atoms with Crippen molar-refractivity contribution in [3.05, 3.63) is 145 Å². The maximum Gasteiger partial charge on any atom is 0.343 e. The topological polar surface area (TPSA) is 176 Å². The third-order valence-corrected chi connectivity index (χ3v) is 11.4. The molecule has 1 aliphatic rings. The molecule has 0 amide bonds. The van der Waals surface area contributed by atoms with Gasteiger partial charge in [-0.1, -0.05) is 64.5 Å². The van der Waals surface area contributed by atoms with Crippen LogP contribution in [-0.4, -0.2) is 74.5 Å². The van der Waals surface area contributed by atoms with Gasteiger partial charge >= 0.3 is 35.8 Å². The van der Waals surface area contributed by atoms with Gasteiger partial charge in [0.25, 0.3) is 0 Å². The highest BCUT2D eigenvalue weighted by Gasteiger charge is 2.32. The van der Waals surface area contributed by atoms with Crippen molar-refractivity contribution < 1.29 is 66.7 Å². The number of carbonyl (C=O) groups excluding carboxylic acids is 6. The maximum absolute atomic E-state index is 13.2. The quantitative estimate of drug-likeness (QED) is 0.0159. The Morgan fingerprint density at radius 2 is 0.671 bits per heavy atom. The monoisotopic (exact) mass is 960 g/mol. The van der Waals surface area contributed by atoms with Gasteiger partial charge in [-0.3, -0.25) is 0 Å². The number of hydrogen-bond donors (Lipinski definition) is 0. The molecule has 5 rings (SSSR count). The van der Waals surface area contributed by atoms with Crippen LogP contribution in [0.2, 0.25) is 0 Å². The van der Waals surface area contributed by atoms with E-state index in [-0.39, 0.29) is 22.6 Å². The summed E-state index contributed by atoms with van der Waals surface area (Å²) in [6, 6.07) is 25.5. The molecule has 2 atom stereocenters. The maximum atomic E-state index is 13.2. The Hall–Kier alpha value is -7.22. The molecular formula is C56H64O14. The van der Waals surface area contributed by atoms with Gasteiger partial charge in [0.1, 0.15) is 35.2 Å². The molecule has 1 fully saturated rings. The molecule has 4 aromatic rings. The summed E-state index contributed by atoms with van der Waals surface area (Å²) in [6.07, 6.45) is 15.4. The molecule has 0 heterocycles. The Morgan fingerprint density at radius 1 is 0.386 bits per heavy atom. The van der Waals surface area contributed by atoms with Crippen molar-refractivity contribution in [1.29, 1.82) is 0 Å². The molecule has 0 aliphatic heterocycles. The smallest absolute Gasteiger partial charge is 0.343 e. The molecular weight excluding hydrogens is 897 g/mol. The zero-order chi connectivity index (χ0) is 49.8. The van der Waals surface area contributed by atoms with E-state index in [1.807, 2.05) is 0 Å². The van der Waals surface area contributed by atoms with Crippen LogP contribution in [0.25, 0.3) is 0 Å². The molecule has 14 nitrogen and oxygen atoms in total. The molecule has 0 unspecified atom stereocenters. The summed E-state index contributed by atoms with van der Waals surface area (Å²) in [5, 5.41) is 0. The fourth-order valence-corrected chi connectivity index (χ4v) is 7.43. The number of ether oxygens (including phenoxy) is 8. The Bertz CT molecular complexity index is 2120. The van der Waals surface area contributed by atoms with E-state index < -0.39 is 48.0 Å². The van der Waals surface area contributed by atoms with Gasteiger partial charge in [-0.05, 0) is 148 Å². The third-order valence-electron chi connectivity index (χ3n) is 11.4. The lowest BCUT2D eigenvalue weighted by Gasteiger charge is -2.30. The Morgan fingerprint density at radius 3 is 1.00 bits per heavy atom. The lowest BCUT2D eigenvalue weighted by Crippen LogP contribution is -2.37. The van der Waals surface area contributed by atoms with Gasteiger partial charge in [-0.2, -0.15) is 0 Å². The molecule has 0 aromatic heterocycles. The fraction of sp³-hybridized carbons (Fsp3) is 0.393. The van der Waals surface area contributed by atoms with Crippen molar-refractivity contribution in [3.63, 3.8) is 0 Å². The zero-order valence-electron chi connectivity index (χ0n) is 39.8. The molecule has 1 aliphatic carbocycles. The minimum absolute atomic E-state index is 0.246. The molecule has 372 valence electrons. The van der Waals surface area contributed by atoms with Gasteiger partial charge in [0, 0.05) is 12.2 Å². The summed E-state index contributed by atoms with van der Waals surface area (Å²) < 4.78 is 44.3. The highest BCUT2D eigenvalue weighted by atomic mass is 16.6. The van der Waals surface area contributed by atoms with Gasteiger partial charge in [0.2, 0.25) is 0 Å². The van der Waals surface area contributed by atoms with Crippen LogP contribution in [0.1, 0.15) is 144 Å². The number of esters is 6. The molecule has 0 spiro atoms. The first-order chi connectivity index (χ1) is 34.1. The average Bonchev–Trinajstić information content (AvgIpc) is 3.38. The number of unbranched alkanes of at least 4 members (excludes halogenated alkanes) is 10. The van der Waals surface area contributed by atoms with E-state index in [0.29, 0.717) is 61.9 Å². The van der Waals surface area contributed by atoms with E-state index in [0.717, 1.165) is 89.9 Å². The van der Waals surface area contributed by atoms with Gasteiger partial charge in [0.15, 0.2) is 0 Å². The molecule has 0 saturated heterocycles. The van der Waals surface area contributed by atoms with E-state index in [2.05, 4.69) is 13.2 Å². The van der Waals surface area contributed by atoms with Crippen LogP contribution in [0.15, 0.2) is 122 Å². The molecule has 70 heavy (non-hydrogen) atoms. The normalized spacial score (nSPS) is 14.0.